The number of unbranched alkanes of at least 4 members (excludes halogenated alkanes) is 5. The maximum atomic E-state index is 8.84. The summed E-state index contributed by atoms with van der Waals surface area (Å²) in [4.78, 5) is 0. The zero-order chi connectivity index (χ0) is 10.2. The fraction of sp³-hybridized carbons (Fsp3) is 0.846. The van der Waals surface area contributed by atoms with Crippen molar-refractivity contribution < 1.29 is 5.11 Å². The Morgan fingerprint density at radius 1 is 1.21 bits per heavy atom. The smallest absolute Gasteiger partial charge is 0.0465 e. The number of hydrogen-bond donors (Lipinski definition) is 1. The Bertz CT molecular complexity index is 163. The molecule has 2 unspecified atom stereocenters. The van der Waals surface area contributed by atoms with Gasteiger partial charge in [0.05, 0.1) is 0 Å². The first kappa shape index (κ1) is 11.8. The van der Waals surface area contributed by atoms with Crippen molar-refractivity contribution >= 4 is 0 Å². The molecule has 1 rings (SSSR count). The molecule has 2 atom stereocenters. The second kappa shape index (κ2) is 7.05. The van der Waals surface area contributed by atoms with Crippen molar-refractivity contribution in [1.29, 1.82) is 0 Å². The zero-order valence-electron chi connectivity index (χ0n) is 9.41. The monoisotopic (exact) mass is 196 g/mol. The van der Waals surface area contributed by atoms with E-state index in [1.807, 2.05) is 0 Å². The van der Waals surface area contributed by atoms with E-state index in [1.165, 1.54) is 44.9 Å². The average molecular weight is 196 g/mol. The lowest BCUT2D eigenvalue weighted by atomic mass is 10.1. The van der Waals surface area contributed by atoms with Crippen LogP contribution in [0.15, 0.2) is 12.2 Å². The van der Waals surface area contributed by atoms with Crippen LogP contribution in [0, 0.1) is 11.8 Å². The third kappa shape index (κ3) is 4.80. The summed E-state index contributed by atoms with van der Waals surface area (Å²) in [5, 5.41) is 8.84. The van der Waals surface area contributed by atoms with Crippen molar-refractivity contribution in [2.75, 3.05) is 6.61 Å². The summed E-state index contributed by atoms with van der Waals surface area (Å²) in [6.07, 6.45) is 13.9. The summed E-state index contributed by atoms with van der Waals surface area (Å²) < 4.78 is 0. The topological polar surface area (TPSA) is 20.2 Å². The summed E-state index contributed by atoms with van der Waals surface area (Å²) in [5.41, 5.74) is 0. The lowest BCUT2D eigenvalue weighted by Crippen LogP contribution is -1.85. The third-order valence-electron chi connectivity index (χ3n) is 3.07. The Morgan fingerprint density at radius 2 is 2.00 bits per heavy atom. The zero-order valence-corrected chi connectivity index (χ0v) is 9.41. The molecule has 1 fully saturated rings. The van der Waals surface area contributed by atoms with Crippen LogP contribution in [-0.2, 0) is 0 Å². The van der Waals surface area contributed by atoms with Crippen molar-refractivity contribution in [1.82, 2.24) is 0 Å². The van der Waals surface area contributed by atoms with E-state index in [4.69, 9.17) is 5.11 Å². The van der Waals surface area contributed by atoms with E-state index in [-0.39, 0.29) is 0 Å². The van der Waals surface area contributed by atoms with E-state index < -0.39 is 0 Å². The predicted octanol–water partition coefficient (Wildman–Crippen LogP) is 3.53. The summed E-state index contributed by atoms with van der Waals surface area (Å²) in [6, 6.07) is 0. The molecular formula is C13H24O. The molecule has 1 aliphatic rings. The molecule has 1 saturated carbocycles. The molecule has 14 heavy (non-hydrogen) atoms. The van der Waals surface area contributed by atoms with Crippen LogP contribution < -0.4 is 0 Å². The Balaban J connectivity index is 1.84. The fourth-order valence-electron chi connectivity index (χ4n) is 1.85. The van der Waals surface area contributed by atoms with Crippen LogP contribution in [0.2, 0.25) is 0 Å². The van der Waals surface area contributed by atoms with Crippen LogP contribution in [0.4, 0.5) is 0 Å². The predicted molar refractivity (Wildman–Crippen MR) is 61.2 cm³/mol. The number of allylic oxidation sites excluding steroid dienone is 2. The van der Waals surface area contributed by atoms with Crippen LogP contribution in [-0.4, -0.2) is 11.7 Å². The first-order chi connectivity index (χ1) is 6.88. The van der Waals surface area contributed by atoms with Crippen LogP contribution >= 0.6 is 0 Å². The van der Waals surface area contributed by atoms with Gasteiger partial charge < -0.3 is 5.11 Å². The molecule has 0 spiro atoms. The van der Waals surface area contributed by atoms with E-state index in [9.17, 15) is 0 Å². The van der Waals surface area contributed by atoms with Gasteiger partial charge in [-0.2, -0.15) is 0 Å². The first-order valence-electron chi connectivity index (χ1n) is 6.16. The second-order valence-corrected chi connectivity index (χ2v) is 4.47. The van der Waals surface area contributed by atoms with Gasteiger partial charge in [0, 0.05) is 6.61 Å². The largest absolute Gasteiger partial charge is 0.396 e. The number of aliphatic hydroxyl groups is 1. The molecule has 0 aromatic heterocycles. The minimum atomic E-state index is 0.380. The van der Waals surface area contributed by atoms with Crippen LogP contribution in [0.3, 0.4) is 0 Å². The molecule has 0 amide bonds. The average Bonchev–Trinajstić information content (AvgIpc) is 2.95. The summed E-state index contributed by atoms with van der Waals surface area (Å²) in [6.45, 7) is 2.63. The standard InChI is InChI=1S/C13H24O/c1-2-3-4-5-6-7-8-9-12-10-13(12)11-14/h8-9,12-14H,2-7,10-11H2,1H3. The normalized spacial score (nSPS) is 25.9. The molecule has 0 radical (unpaired) electrons. The number of hydrogen-bond acceptors (Lipinski definition) is 1. The lowest BCUT2D eigenvalue weighted by Gasteiger charge is -1.95. The van der Waals surface area contributed by atoms with Crippen LogP contribution in [0.1, 0.15) is 51.9 Å². The van der Waals surface area contributed by atoms with Gasteiger partial charge >= 0.3 is 0 Å². The molecule has 1 nitrogen and oxygen atoms in total. The van der Waals surface area contributed by atoms with Gasteiger partial charge in [0.25, 0.3) is 0 Å². The van der Waals surface area contributed by atoms with Gasteiger partial charge in [0.15, 0.2) is 0 Å². The van der Waals surface area contributed by atoms with Gasteiger partial charge in [0.1, 0.15) is 0 Å². The van der Waals surface area contributed by atoms with Gasteiger partial charge in [-0.15, -0.1) is 0 Å². The van der Waals surface area contributed by atoms with Gasteiger partial charge in [0.2, 0.25) is 0 Å². The molecule has 0 aromatic rings. The fourth-order valence-corrected chi connectivity index (χ4v) is 1.85. The number of rotatable bonds is 8. The number of aliphatic hydroxyl groups excluding tert-OH is 1. The molecule has 1 aliphatic carbocycles. The first-order valence-corrected chi connectivity index (χ1v) is 6.16. The Labute approximate surface area is 88.2 Å². The Kier molecular flexibility index (Phi) is 5.93. The van der Waals surface area contributed by atoms with Crippen molar-refractivity contribution in [3.63, 3.8) is 0 Å². The third-order valence-corrected chi connectivity index (χ3v) is 3.07. The molecular weight excluding hydrogens is 172 g/mol. The van der Waals surface area contributed by atoms with Gasteiger partial charge in [-0.25, -0.2) is 0 Å². The minimum absolute atomic E-state index is 0.380. The van der Waals surface area contributed by atoms with E-state index >= 15 is 0 Å². The molecule has 0 aliphatic heterocycles. The second-order valence-electron chi connectivity index (χ2n) is 4.47. The molecule has 0 saturated heterocycles. The maximum Gasteiger partial charge on any atom is 0.0465 e. The quantitative estimate of drug-likeness (QED) is 0.465. The van der Waals surface area contributed by atoms with E-state index in [0.29, 0.717) is 18.4 Å². The highest BCUT2D eigenvalue weighted by atomic mass is 16.3. The van der Waals surface area contributed by atoms with E-state index in [1.54, 1.807) is 0 Å². The van der Waals surface area contributed by atoms with Crippen molar-refractivity contribution in [2.45, 2.75) is 51.9 Å². The van der Waals surface area contributed by atoms with E-state index in [2.05, 4.69) is 19.1 Å². The Morgan fingerprint density at radius 3 is 2.64 bits per heavy atom. The van der Waals surface area contributed by atoms with Crippen LogP contribution in [0.25, 0.3) is 0 Å². The van der Waals surface area contributed by atoms with E-state index in [0.717, 1.165) is 0 Å². The van der Waals surface area contributed by atoms with Crippen molar-refractivity contribution in [3.05, 3.63) is 12.2 Å². The Hall–Kier alpha value is -0.300. The SMILES string of the molecule is CCCCCCCC=CC1CC1CO. The van der Waals surface area contributed by atoms with Crippen molar-refractivity contribution in [2.24, 2.45) is 11.8 Å². The molecule has 0 bridgehead atoms. The highest BCUT2D eigenvalue weighted by molar-refractivity contribution is 5.01. The summed E-state index contributed by atoms with van der Waals surface area (Å²) in [7, 11) is 0. The molecule has 82 valence electrons. The molecule has 1 heteroatoms. The van der Waals surface area contributed by atoms with Crippen molar-refractivity contribution in [3.8, 4) is 0 Å². The maximum absolute atomic E-state index is 8.84. The van der Waals surface area contributed by atoms with Crippen LogP contribution in [0.5, 0.6) is 0 Å². The molecule has 0 heterocycles. The van der Waals surface area contributed by atoms with Gasteiger partial charge in [-0.1, -0.05) is 44.8 Å². The van der Waals surface area contributed by atoms with Gasteiger partial charge in [-0.05, 0) is 31.1 Å². The van der Waals surface area contributed by atoms with Gasteiger partial charge in [-0.3, -0.25) is 0 Å². The highest BCUT2D eigenvalue weighted by Crippen LogP contribution is 2.38. The summed E-state index contributed by atoms with van der Waals surface area (Å²) >= 11 is 0. The highest BCUT2D eigenvalue weighted by Gasteiger charge is 2.33. The molecule has 0 aromatic carbocycles. The lowest BCUT2D eigenvalue weighted by molar-refractivity contribution is 0.272. The minimum Gasteiger partial charge on any atom is -0.396 e. The molecule has 1 N–H and O–H groups in total. The summed E-state index contributed by atoms with van der Waals surface area (Å²) in [5.74, 6) is 1.29.